The quantitative estimate of drug-likeness (QED) is 0.831. The molecule has 0 aliphatic heterocycles. The van der Waals surface area contributed by atoms with Crippen molar-refractivity contribution >= 4 is 17.7 Å². The van der Waals surface area contributed by atoms with Crippen LogP contribution in [0.3, 0.4) is 0 Å². The fourth-order valence-electron chi connectivity index (χ4n) is 3.08. The predicted octanol–water partition coefficient (Wildman–Crippen LogP) is 3.38. The summed E-state index contributed by atoms with van der Waals surface area (Å²) in [5, 5.41) is 0. The second-order valence-corrected chi connectivity index (χ2v) is 6.59. The Morgan fingerprint density at radius 1 is 1.12 bits per heavy atom. The fraction of sp³-hybridized carbons (Fsp3) is 0.350. The number of carbonyl (C=O) groups excluding carboxylic acids is 2. The molecule has 0 radical (unpaired) electrons. The minimum absolute atomic E-state index is 0.0335. The van der Waals surface area contributed by atoms with E-state index in [9.17, 15) is 9.59 Å². The van der Waals surface area contributed by atoms with Crippen molar-refractivity contribution in [2.45, 2.75) is 39.8 Å². The highest BCUT2D eigenvalue weighted by atomic mass is 16.5. The molecule has 0 atom stereocenters. The Hall–Kier alpha value is -2.89. The van der Waals surface area contributed by atoms with Gasteiger partial charge in [-0.15, -0.1) is 0 Å². The van der Waals surface area contributed by atoms with E-state index in [0.29, 0.717) is 22.3 Å². The van der Waals surface area contributed by atoms with Gasteiger partial charge in [0, 0.05) is 23.8 Å². The summed E-state index contributed by atoms with van der Waals surface area (Å²) in [5.41, 5.74) is 8.12. The fourth-order valence-corrected chi connectivity index (χ4v) is 3.08. The van der Waals surface area contributed by atoms with Gasteiger partial charge in [-0.3, -0.25) is 4.79 Å². The number of pyridine rings is 1. The molecule has 0 saturated carbocycles. The minimum Gasteiger partial charge on any atom is -0.465 e. The van der Waals surface area contributed by atoms with Gasteiger partial charge < -0.3 is 15.4 Å². The zero-order valence-electron chi connectivity index (χ0n) is 15.8. The second kappa shape index (κ2) is 7.99. The van der Waals surface area contributed by atoms with Gasteiger partial charge >= 0.3 is 5.97 Å². The van der Waals surface area contributed by atoms with E-state index in [1.165, 1.54) is 13.3 Å². The number of aromatic nitrogens is 1. The van der Waals surface area contributed by atoms with Crippen LogP contribution in [0.2, 0.25) is 0 Å². The number of benzene rings is 1. The lowest BCUT2D eigenvalue weighted by Gasteiger charge is -2.31. The number of anilines is 1. The van der Waals surface area contributed by atoms with E-state index in [2.05, 4.69) is 4.98 Å². The number of esters is 1. The van der Waals surface area contributed by atoms with E-state index in [4.69, 9.17) is 10.5 Å². The zero-order chi connectivity index (χ0) is 19.4. The molecule has 1 heterocycles. The molecule has 26 heavy (non-hydrogen) atoms. The van der Waals surface area contributed by atoms with Gasteiger partial charge in [0.05, 0.1) is 18.2 Å². The lowest BCUT2D eigenvalue weighted by Crippen LogP contribution is -2.42. The summed E-state index contributed by atoms with van der Waals surface area (Å²) in [5.74, 6) is -0.332. The predicted molar refractivity (Wildman–Crippen MR) is 102 cm³/mol. The van der Waals surface area contributed by atoms with Crippen LogP contribution in [0.25, 0.3) is 11.1 Å². The van der Waals surface area contributed by atoms with Gasteiger partial charge in [0.1, 0.15) is 5.82 Å². The highest BCUT2D eigenvalue weighted by molar-refractivity contribution is 6.04. The first-order chi connectivity index (χ1) is 12.3. The van der Waals surface area contributed by atoms with Crippen molar-refractivity contribution in [2.75, 3.05) is 12.8 Å². The SMILES string of the molecule is COC(=O)c1cccc(-c2c(C(=O)N(C(C)C)C(C)C)ccnc2N)c1. The van der Waals surface area contributed by atoms with E-state index >= 15 is 0 Å². The number of nitrogens with zero attached hydrogens (tertiary/aromatic N) is 2. The summed E-state index contributed by atoms with van der Waals surface area (Å²) < 4.78 is 4.78. The maximum absolute atomic E-state index is 13.2. The summed E-state index contributed by atoms with van der Waals surface area (Å²) in [4.78, 5) is 31.0. The lowest BCUT2D eigenvalue weighted by molar-refractivity contribution is 0.0599. The molecule has 1 amide bonds. The molecule has 6 heteroatoms. The van der Waals surface area contributed by atoms with Crippen LogP contribution < -0.4 is 5.73 Å². The maximum atomic E-state index is 13.2. The summed E-state index contributed by atoms with van der Waals surface area (Å²) in [6, 6.07) is 8.56. The summed E-state index contributed by atoms with van der Waals surface area (Å²) in [6.07, 6.45) is 1.52. The van der Waals surface area contributed by atoms with E-state index in [1.807, 2.05) is 27.7 Å². The van der Waals surface area contributed by atoms with Crippen molar-refractivity contribution in [3.63, 3.8) is 0 Å². The summed E-state index contributed by atoms with van der Waals surface area (Å²) in [6.45, 7) is 7.89. The van der Waals surface area contributed by atoms with Crippen molar-refractivity contribution < 1.29 is 14.3 Å². The molecule has 6 nitrogen and oxygen atoms in total. The van der Waals surface area contributed by atoms with Crippen LogP contribution in [0.4, 0.5) is 5.82 Å². The molecule has 0 aliphatic rings. The number of methoxy groups -OCH3 is 1. The zero-order valence-corrected chi connectivity index (χ0v) is 15.8. The van der Waals surface area contributed by atoms with Gasteiger partial charge in [0.15, 0.2) is 0 Å². The Labute approximate surface area is 154 Å². The Bertz CT molecular complexity index is 808. The van der Waals surface area contributed by atoms with E-state index in [-0.39, 0.29) is 23.8 Å². The van der Waals surface area contributed by atoms with Crippen LogP contribution in [0.1, 0.15) is 48.4 Å². The van der Waals surface area contributed by atoms with Crippen molar-refractivity contribution in [1.82, 2.24) is 9.88 Å². The molecule has 0 unspecified atom stereocenters. The first-order valence-electron chi connectivity index (χ1n) is 8.53. The van der Waals surface area contributed by atoms with Gasteiger partial charge in [0.25, 0.3) is 5.91 Å². The molecule has 1 aromatic carbocycles. The smallest absolute Gasteiger partial charge is 0.337 e. The Morgan fingerprint density at radius 2 is 1.77 bits per heavy atom. The average Bonchev–Trinajstić information content (AvgIpc) is 2.60. The number of amides is 1. The largest absolute Gasteiger partial charge is 0.465 e. The molecular formula is C20H25N3O3. The molecule has 1 aromatic heterocycles. The number of hydrogen-bond acceptors (Lipinski definition) is 5. The molecule has 2 aromatic rings. The average molecular weight is 355 g/mol. The first-order valence-corrected chi connectivity index (χ1v) is 8.53. The molecule has 138 valence electrons. The maximum Gasteiger partial charge on any atom is 0.337 e. The molecule has 2 N–H and O–H groups in total. The van der Waals surface area contributed by atoms with Gasteiger partial charge in [-0.1, -0.05) is 12.1 Å². The van der Waals surface area contributed by atoms with Crippen molar-refractivity contribution in [3.8, 4) is 11.1 Å². The first kappa shape index (κ1) is 19.4. The van der Waals surface area contributed by atoms with Crippen LogP contribution >= 0.6 is 0 Å². The van der Waals surface area contributed by atoms with Crippen LogP contribution in [0, 0.1) is 0 Å². The standard InChI is InChI=1S/C20H25N3O3/c1-12(2)23(13(3)4)19(24)16-9-10-22-18(21)17(16)14-7-6-8-15(11-14)20(25)26-5/h6-13H,1-5H3,(H2,21,22). The Morgan fingerprint density at radius 3 is 2.35 bits per heavy atom. The van der Waals surface area contributed by atoms with Gasteiger partial charge in [-0.25, -0.2) is 9.78 Å². The molecule has 0 spiro atoms. The Balaban J connectivity index is 2.61. The Kier molecular flexibility index (Phi) is 5.97. The molecule has 0 fully saturated rings. The van der Waals surface area contributed by atoms with E-state index in [1.54, 1.807) is 35.2 Å². The van der Waals surface area contributed by atoms with Crippen LogP contribution in [-0.4, -0.2) is 41.0 Å². The molecule has 0 bridgehead atoms. The van der Waals surface area contributed by atoms with Crippen molar-refractivity contribution in [1.29, 1.82) is 0 Å². The van der Waals surface area contributed by atoms with Crippen LogP contribution in [-0.2, 0) is 4.74 Å². The van der Waals surface area contributed by atoms with E-state index < -0.39 is 5.97 Å². The summed E-state index contributed by atoms with van der Waals surface area (Å²) >= 11 is 0. The van der Waals surface area contributed by atoms with Crippen LogP contribution in [0.15, 0.2) is 36.5 Å². The highest BCUT2D eigenvalue weighted by Gasteiger charge is 2.25. The normalized spacial score (nSPS) is 10.9. The molecule has 0 saturated heterocycles. The lowest BCUT2D eigenvalue weighted by atomic mass is 9.97. The monoisotopic (exact) mass is 355 g/mol. The van der Waals surface area contributed by atoms with Crippen molar-refractivity contribution in [2.24, 2.45) is 0 Å². The van der Waals surface area contributed by atoms with Gasteiger partial charge in [-0.2, -0.15) is 0 Å². The number of nitrogens with two attached hydrogens (primary N) is 1. The van der Waals surface area contributed by atoms with Crippen LogP contribution in [0.5, 0.6) is 0 Å². The van der Waals surface area contributed by atoms with Gasteiger partial charge in [0.2, 0.25) is 0 Å². The number of nitrogen functional groups attached to an aromatic ring is 1. The third kappa shape index (κ3) is 3.85. The highest BCUT2D eigenvalue weighted by Crippen LogP contribution is 2.30. The second-order valence-electron chi connectivity index (χ2n) is 6.59. The van der Waals surface area contributed by atoms with E-state index in [0.717, 1.165) is 0 Å². The third-order valence-electron chi connectivity index (χ3n) is 4.13. The third-order valence-corrected chi connectivity index (χ3v) is 4.13. The number of carbonyl (C=O) groups is 2. The minimum atomic E-state index is -0.451. The van der Waals surface area contributed by atoms with Crippen molar-refractivity contribution in [3.05, 3.63) is 47.7 Å². The number of hydrogen-bond donors (Lipinski definition) is 1. The summed E-state index contributed by atoms with van der Waals surface area (Å²) in [7, 11) is 1.32. The molecule has 0 aliphatic carbocycles. The van der Waals surface area contributed by atoms with Gasteiger partial charge in [-0.05, 0) is 51.5 Å². The topological polar surface area (TPSA) is 85.5 Å². The molecular weight excluding hydrogens is 330 g/mol. The molecule has 2 rings (SSSR count). The number of ether oxygens (including phenoxy) is 1. The number of rotatable bonds is 5.